The molecule has 0 fully saturated rings. The number of benzene rings is 1. The molecule has 0 saturated carbocycles. The smallest absolute Gasteiger partial charge is 0.243 e. The van der Waals surface area contributed by atoms with Gasteiger partial charge in [0.15, 0.2) is 0 Å². The van der Waals surface area contributed by atoms with E-state index < -0.39 is 28.3 Å². The number of carbonyl (C=O) groups is 1. The second-order valence-corrected chi connectivity index (χ2v) is 5.53. The zero-order chi connectivity index (χ0) is 13.9. The maximum absolute atomic E-state index is 13.1. The summed E-state index contributed by atoms with van der Waals surface area (Å²) in [5, 5.41) is 8.62. The van der Waals surface area contributed by atoms with Crippen LogP contribution in [0.15, 0.2) is 23.1 Å². The molecule has 2 N–H and O–H groups in total. The molecule has 0 aromatic heterocycles. The highest BCUT2D eigenvalue weighted by molar-refractivity contribution is 7.89. The summed E-state index contributed by atoms with van der Waals surface area (Å²) in [5.74, 6) is -1.63. The molecule has 1 rings (SSSR count). The molecule has 1 aromatic rings. The monoisotopic (exact) mass is 271 g/mol. The van der Waals surface area contributed by atoms with E-state index in [2.05, 4.69) is 0 Å². The molecule has 0 saturated heterocycles. The van der Waals surface area contributed by atoms with E-state index in [1.165, 1.54) is 6.07 Å². The van der Waals surface area contributed by atoms with Gasteiger partial charge in [-0.1, -0.05) is 0 Å². The highest BCUT2D eigenvalue weighted by Crippen LogP contribution is 2.17. The number of carbonyl (C=O) groups excluding carboxylic acids is 1. The van der Waals surface area contributed by atoms with Crippen molar-refractivity contribution in [2.75, 3.05) is 13.6 Å². The van der Waals surface area contributed by atoms with Crippen molar-refractivity contribution in [1.82, 2.24) is 4.31 Å². The van der Waals surface area contributed by atoms with Crippen molar-refractivity contribution in [2.45, 2.75) is 4.90 Å². The molecule has 0 aliphatic carbocycles. The maximum atomic E-state index is 13.1. The molecule has 0 heterocycles. The van der Waals surface area contributed by atoms with E-state index in [1.807, 2.05) is 0 Å². The summed E-state index contributed by atoms with van der Waals surface area (Å²) in [6, 6.07) is 4.34. The van der Waals surface area contributed by atoms with Gasteiger partial charge in [-0.05, 0) is 18.2 Å². The van der Waals surface area contributed by atoms with Crippen molar-refractivity contribution >= 4 is 15.9 Å². The number of likely N-dealkylation sites (N-methyl/N-ethyl adjacent to an activating group) is 1. The van der Waals surface area contributed by atoms with Gasteiger partial charge in [0, 0.05) is 7.05 Å². The fourth-order valence-electron chi connectivity index (χ4n) is 1.23. The number of hydrogen-bond acceptors (Lipinski definition) is 4. The standard InChI is InChI=1S/C10H10FN3O3S/c1-14(6-10(13)15)18(16,17)8-2-3-9(11)7(4-8)5-12/h2-4H,6H2,1H3,(H2,13,15). The SMILES string of the molecule is CN(CC(N)=O)S(=O)(=O)c1ccc(F)c(C#N)c1. The van der Waals surface area contributed by atoms with Crippen LogP contribution in [0.1, 0.15) is 5.56 Å². The normalized spacial score (nSPS) is 11.2. The zero-order valence-electron chi connectivity index (χ0n) is 9.42. The Morgan fingerprint density at radius 1 is 1.56 bits per heavy atom. The second kappa shape index (κ2) is 5.12. The number of hydrogen-bond donors (Lipinski definition) is 1. The van der Waals surface area contributed by atoms with E-state index >= 15 is 0 Å². The minimum atomic E-state index is -3.97. The van der Waals surface area contributed by atoms with Gasteiger partial charge < -0.3 is 5.73 Å². The Labute approximate surface area is 103 Å². The van der Waals surface area contributed by atoms with Crippen LogP contribution in [0.2, 0.25) is 0 Å². The number of amides is 1. The summed E-state index contributed by atoms with van der Waals surface area (Å²) in [5.41, 5.74) is 4.51. The Kier molecular flexibility index (Phi) is 4.00. The van der Waals surface area contributed by atoms with Crippen LogP contribution in [0.25, 0.3) is 0 Å². The first-order valence-electron chi connectivity index (χ1n) is 4.73. The van der Waals surface area contributed by atoms with Crippen LogP contribution in [0, 0.1) is 17.1 Å². The molecule has 0 bridgehead atoms. The molecule has 1 amide bonds. The Balaban J connectivity index is 3.21. The van der Waals surface area contributed by atoms with Crippen molar-refractivity contribution in [3.8, 4) is 6.07 Å². The fourth-order valence-corrected chi connectivity index (χ4v) is 2.40. The maximum Gasteiger partial charge on any atom is 0.243 e. The van der Waals surface area contributed by atoms with E-state index in [-0.39, 0.29) is 10.5 Å². The molecule has 0 aliphatic heterocycles. The highest BCUT2D eigenvalue weighted by Gasteiger charge is 2.23. The van der Waals surface area contributed by atoms with Gasteiger partial charge in [-0.25, -0.2) is 12.8 Å². The molecule has 6 nitrogen and oxygen atoms in total. The lowest BCUT2D eigenvalue weighted by Crippen LogP contribution is -2.35. The van der Waals surface area contributed by atoms with Crippen LogP contribution in [-0.2, 0) is 14.8 Å². The average Bonchev–Trinajstić information content (AvgIpc) is 2.28. The van der Waals surface area contributed by atoms with Crippen LogP contribution in [0.4, 0.5) is 4.39 Å². The Hall–Kier alpha value is -1.98. The number of primary amides is 1. The number of halogens is 1. The summed E-state index contributed by atoms with van der Waals surface area (Å²) in [7, 11) is -2.81. The molecule has 18 heavy (non-hydrogen) atoms. The van der Waals surface area contributed by atoms with Gasteiger partial charge in [-0.2, -0.15) is 9.57 Å². The molecule has 0 unspecified atom stereocenters. The Bertz CT molecular complexity index is 622. The lowest BCUT2D eigenvalue weighted by molar-refractivity contribution is -0.118. The lowest BCUT2D eigenvalue weighted by atomic mass is 10.2. The van der Waals surface area contributed by atoms with Crippen molar-refractivity contribution < 1.29 is 17.6 Å². The Morgan fingerprint density at radius 2 is 2.17 bits per heavy atom. The first-order valence-corrected chi connectivity index (χ1v) is 6.17. The van der Waals surface area contributed by atoms with Crippen molar-refractivity contribution in [3.63, 3.8) is 0 Å². The van der Waals surface area contributed by atoms with Gasteiger partial charge >= 0.3 is 0 Å². The number of nitrogens with zero attached hydrogens (tertiary/aromatic N) is 2. The first-order chi connectivity index (χ1) is 8.28. The summed E-state index contributed by atoms with van der Waals surface area (Å²) < 4.78 is 37.7. The third kappa shape index (κ3) is 2.82. The second-order valence-electron chi connectivity index (χ2n) is 3.48. The van der Waals surface area contributed by atoms with Gasteiger partial charge in [-0.15, -0.1) is 0 Å². The minimum absolute atomic E-state index is 0.274. The average molecular weight is 271 g/mol. The van der Waals surface area contributed by atoms with E-state index in [4.69, 9.17) is 11.0 Å². The summed E-state index contributed by atoms with van der Waals surface area (Å²) in [4.78, 5) is 10.4. The van der Waals surface area contributed by atoms with Gasteiger partial charge in [0.1, 0.15) is 11.9 Å². The van der Waals surface area contributed by atoms with Gasteiger partial charge in [0.05, 0.1) is 17.0 Å². The predicted octanol–water partition coefficient (Wildman–Crippen LogP) is -0.197. The number of sulfonamides is 1. The number of nitrogens with two attached hydrogens (primary N) is 1. The summed E-state index contributed by atoms with van der Waals surface area (Å²) in [6.45, 7) is -0.498. The minimum Gasteiger partial charge on any atom is -0.369 e. The summed E-state index contributed by atoms with van der Waals surface area (Å²) in [6.07, 6.45) is 0. The van der Waals surface area contributed by atoms with Crippen molar-refractivity contribution in [1.29, 1.82) is 5.26 Å². The quantitative estimate of drug-likeness (QED) is 0.818. The van der Waals surface area contributed by atoms with Crippen molar-refractivity contribution in [3.05, 3.63) is 29.6 Å². The van der Waals surface area contributed by atoms with Crippen LogP contribution in [0.3, 0.4) is 0 Å². The van der Waals surface area contributed by atoms with E-state index in [9.17, 15) is 17.6 Å². The molecule has 0 aliphatic rings. The highest BCUT2D eigenvalue weighted by atomic mass is 32.2. The van der Waals surface area contributed by atoms with Crippen LogP contribution in [0.5, 0.6) is 0 Å². The molecule has 0 radical (unpaired) electrons. The Morgan fingerprint density at radius 3 is 2.67 bits per heavy atom. The third-order valence-electron chi connectivity index (χ3n) is 2.14. The molecule has 8 heteroatoms. The van der Waals surface area contributed by atoms with Crippen LogP contribution >= 0.6 is 0 Å². The molecular formula is C10H10FN3O3S. The van der Waals surface area contributed by atoms with Crippen LogP contribution in [-0.4, -0.2) is 32.2 Å². The van der Waals surface area contributed by atoms with E-state index in [1.54, 1.807) is 0 Å². The van der Waals surface area contributed by atoms with Gasteiger partial charge in [0.2, 0.25) is 15.9 Å². The van der Waals surface area contributed by atoms with E-state index in [0.29, 0.717) is 0 Å². The molecule has 1 aromatic carbocycles. The predicted molar refractivity (Wildman–Crippen MR) is 60.1 cm³/mol. The number of nitriles is 1. The van der Waals surface area contributed by atoms with E-state index in [0.717, 1.165) is 29.6 Å². The van der Waals surface area contributed by atoms with Gasteiger partial charge in [-0.3, -0.25) is 4.79 Å². The molecule has 0 atom stereocenters. The molecular weight excluding hydrogens is 261 g/mol. The third-order valence-corrected chi connectivity index (χ3v) is 3.94. The molecule has 0 spiro atoms. The van der Waals surface area contributed by atoms with Gasteiger partial charge in [0.25, 0.3) is 0 Å². The fraction of sp³-hybridized carbons (Fsp3) is 0.200. The largest absolute Gasteiger partial charge is 0.369 e. The van der Waals surface area contributed by atoms with Crippen molar-refractivity contribution in [2.24, 2.45) is 5.73 Å². The molecule has 96 valence electrons. The van der Waals surface area contributed by atoms with Crippen LogP contribution < -0.4 is 5.73 Å². The number of rotatable bonds is 4. The topological polar surface area (TPSA) is 104 Å². The summed E-state index contributed by atoms with van der Waals surface area (Å²) >= 11 is 0. The lowest BCUT2D eigenvalue weighted by Gasteiger charge is -2.15. The zero-order valence-corrected chi connectivity index (χ0v) is 10.2. The first kappa shape index (κ1) is 14.1.